The van der Waals surface area contributed by atoms with Crippen molar-refractivity contribution in [2.75, 3.05) is 18.9 Å². The summed E-state index contributed by atoms with van der Waals surface area (Å²) in [6.07, 6.45) is 3.34. The van der Waals surface area contributed by atoms with Crippen LogP contribution in [0.2, 0.25) is 0 Å². The van der Waals surface area contributed by atoms with Gasteiger partial charge >= 0.3 is 0 Å². The average Bonchev–Trinajstić information content (AvgIpc) is 2.55. The van der Waals surface area contributed by atoms with Crippen molar-refractivity contribution in [2.24, 2.45) is 0 Å². The van der Waals surface area contributed by atoms with Gasteiger partial charge in [0.2, 0.25) is 5.95 Å². The van der Waals surface area contributed by atoms with Gasteiger partial charge in [0.25, 0.3) is 5.91 Å². The minimum Gasteiger partial charge on any atom is -0.340 e. The van der Waals surface area contributed by atoms with E-state index < -0.39 is 11.6 Å². The maximum absolute atomic E-state index is 13.2. The lowest BCUT2D eigenvalue weighted by Crippen LogP contribution is -2.28. The van der Waals surface area contributed by atoms with E-state index in [1.807, 2.05) is 6.92 Å². The molecular formula is C16H18F2N4O. The molecule has 5 nitrogen and oxygen atoms in total. The molecule has 2 aromatic rings. The molecule has 1 N–H and O–H groups in total. The molecule has 0 aliphatic heterocycles. The van der Waals surface area contributed by atoms with Gasteiger partial charge in [0.15, 0.2) is 11.6 Å². The number of benzene rings is 1. The van der Waals surface area contributed by atoms with Crippen LogP contribution in [-0.4, -0.2) is 34.4 Å². The van der Waals surface area contributed by atoms with Gasteiger partial charge in [0.1, 0.15) is 5.69 Å². The monoisotopic (exact) mass is 320 g/mol. The van der Waals surface area contributed by atoms with Crippen molar-refractivity contribution in [1.82, 2.24) is 14.9 Å². The van der Waals surface area contributed by atoms with Crippen LogP contribution in [0.25, 0.3) is 0 Å². The van der Waals surface area contributed by atoms with E-state index in [0.29, 0.717) is 12.2 Å². The van der Waals surface area contributed by atoms with Gasteiger partial charge in [-0.05, 0) is 24.6 Å². The lowest BCUT2D eigenvalue weighted by Gasteiger charge is -2.16. The Morgan fingerprint density at radius 2 is 2.04 bits per heavy atom. The van der Waals surface area contributed by atoms with Crippen molar-refractivity contribution < 1.29 is 13.6 Å². The predicted octanol–water partition coefficient (Wildman–Crippen LogP) is 3.37. The van der Waals surface area contributed by atoms with Crippen LogP contribution >= 0.6 is 0 Å². The fourth-order valence-corrected chi connectivity index (χ4v) is 1.93. The summed E-state index contributed by atoms with van der Waals surface area (Å²) in [5, 5.41) is 2.75. The number of carbonyl (C=O) groups is 1. The first-order chi connectivity index (χ1) is 11.0. The standard InChI is InChI=1S/C16H18F2N4O/c1-3-4-9-22(2)15(23)14-7-8-19-16(21-14)20-11-5-6-12(17)13(18)10-11/h5-8,10H,3-4,9H2,1-2H3,(H,19,20,21). The molecule has 0 unspecified atom stereocenters. The minimum absolute atomic E-state index is 0.144. The molecule has 23 heavy (non-hydrogen) atoms. The molecule has 0 saturated carbocycles. The van der Waals surface area contributed by atoms with E-state index in [1.165, 1.54) is 18.3 Å². The van der Waals surface area contributed by atoms with Crippen molar-refractivity contribution in [2.45, 2.75) is 19.8 Å². The number of halogens is 2. The smallest absolute Gasteiger partial charge is 0.272 e. The van der Waals surface area contributed by atoms with E-state index in [4.69, 9.17) is 0 Å². The Morgan fingerprint density at radius 3 is 2.74 bits per heavy atom. The first-order valence-electron chi connectivity index (χ1n) is 7.32. The van der Waals surface area contributed by atoms with Crippen LogP contribution in [-0.2, 0) is 0 Å². The second kappa shape index (κ2) is 7.62. The number of unbranched alkanes of at least 4 members (excludes halogenated alkanes) is 1. The molecular weight excluding hydrogens is 302 g/mol. The Bertz CT molecular complexity index is 694. The highest BCUT2D eigenvalue weighted by atomic mass is 19.2. The number of rotatable bonds is 6. The van der Waals surface area contributed by atoms with Crippen LogP contribution in [0.3, 0.4) is 0 Å². The highest BCUT2D eigenvalue weighted by Gasteiger charge is 2.14. The second-order valence-electron chi connectivity index (χ2n) is 5.10. The quantitative estimate of drug-likeness (QED) is 0.886. The second-order valence-corrected chi connectivity index (χ2v) is 5.10. The van der Waals surface area contributed by atoms with E-state index >= 15 is 0 Å². The van der Waals surface area contributed by atoms with Gasteiger partial charge in [-0.1, -0.05) is 13.3 Å². The molecule has 0 atom stereocenters. The number of carbonyl (C=O) groups excluding carboxylic acids is 1. The lowest BCUT2D eigenvalue weighted by atomic mass is 10.3. The summed E-state index contributed by atoms with van der Waals surface area (Å²) in [6, 6.07) is 4.89. The van der Waals surface area contributed by atoms with Crippen LogP contribution in [0.15, 0.2) is 30.5 Å². The van der Waals surface area contributed by atoms with Gasteiger partial charge < -0.3 is 10.2 Å². The summed E-state index contributed by atoms with van der Waals surface area (Å²) in [5.41, 5.74) is 0.538. The summed E-state index contributed by atoms with van der Waals surface area (Å²) in [6.45, 7) is 2.69. The average molecular weight is 320 g/mol. The van der Waals surface area contributed by atoms with Crippen LogP contribution in [0, 0.1) is 11.6 Å². The number of aromatic nitrogens is 2. The van der Waals surface area contributed by atoms with E-state index in [2.05, 4.69) is 15.3 Å². The Labute approximate surface area is 133 Å². The normalized spacial score (nSPS) is 10.4. The van der Waals surface area contributed by atoms with Crippen molar-refractivity contribution >= 4 is 17.5 Å². The molecule has 2 rings (SSSR count). The Morgan fingerprint density at radius 1 is 1.26 bits per heavy atom. The number of nitrogens with one attached hydrogen (secondary N) is 1. The maximum atomic E-state index is 13.2. The third-order valence-corrected chi connectivity index (χ3v) is 3.24. The molecule has 0 bridgehead atoms. The van der Waals surface area contributed by atoms with Crippen LogP contribution in [0.1, 0.15) is 30.3 Å². The topological polar surface area (TPSA) is 58.1 Å². The van der Waals surface area contributed by atoms with E-state index in [1.54, 1.807) is 11.9 Å². The number of nitrogens with zero attached hydrogens (tertiary/aromatic N) is 3. The third kappa shape index (κ3) is 4.45. The molecule has 7 heteroatoms. The van der Waals surface area contributed by atoms with Gasteiger partial charge in [-0.15, -0.1) is 0 Å². The minimum atomic E-state index is -0.971. The molecule has 122 valence electrons. The first kappa shape index (κ1) is 16.8. The van der Waals surface area contributed by atoms with Crippen molar-refractivity contribution in [3.8, 4) is 0 Å². The fraction of sp³-hybridized carbons (Fsp3) is 0.312. The highest BCUT2D eigenvalue weighted by molar-refractivity contribution is 5.92. The van der Waals surface area contributed by atoms with Crippen molar-refractivity contribution in [3.63, 3.8) is 0 Å². The zero-order chi connectivity index (χ0) is 16.8. The zero-order valence-corrected chi connectivity index (χ0v) is 13.0. The molecule has 1 aromatic heterocycles. The van der Waals surface area contributed by atoms with Crippen LogP contribution in [0.5, 0.6) is 0 Å². The molecule has 0 saturated heterocycles. The van der Waals surface area contributed by atoms with E-state index in [-0.39, 0.29) is 17.5 Å². The SMILES string of the molecule is CCCCN(C)C(=O)c1ccnc(Nc2ccc(F)c(F)c2)n1. The number of hydrogen-bond donors (Lipinski definition) is 1. The molecule has 1 amide bonds. The van der Waals surface area contributed by atoms with Crippen molar-refractivity contribution in [3.05, 3.63) is 47.8 Å². The third-order valence-electron chi connectivity index (χ3n) is 3.24. The molecule has 1 heterocycles. The summed E-state index contributed by atoms with van der Waals surface area (Å²) in [7, 11) is 1.71. The Hall–Kier alpha value is -2.57. The van der Waals surface area contributed by atoms with Crippen LogP contribution in [0.4, 0.5) is 20.4 Å². The molecule has 0 aliphatic rings. The molecule has 0 radical (unpaired) electrons. The summed E-state index contributed by atoms with van der Waals surface area (Å²) in [4.78, 5) is 21.9. The summed E-state index contributed by atoms with van der Waals surface area (Å²) < 4.78 is 26.1. The van der Waals surface area contributed by atoms with Gasteiger partial charge in [0.05, 0.1) is 0 Å². The van der Waals surface area contributed by atoms with E-state index in [9.17, 15) is 13.6 Å². The van der Waals surface area contributed by atoms with Gasteiger partial charge in [-0.3, -0.25) is 4.79 Å². The fourth-order valence-electron chi connectivity index (χ4n) is 1.93. The maximum Gasteiger partial charge on any atom is 0.272 e. The zero-order valence-electron chi connectivity index (χ0n) is 13.0. The molecule has 1 aromatic carbocycles. The molecule has 0 fully saturated rings. The Kier molecular flexibility index (Phi) is 5.56. The van der Waals surface area contributed by atoms with E-state index in [0.717, 1.165) is 25.0 Å². The van der Waals surface area contributed by atoms with Gasteiger partial charge in [0, 0.05) is 31.5 Å². The number of hydrogen-bond acceptors (Lipinski definition) is 4. The summed E-state index contributed by atoms with van der Waals surface area (Å²) in [5.74, 6) is -1.97. The van der Waals surface area contributed by atoms with Crippen LogP contribution < -0.4 is 5.32 Å². The number of amides is 1. The Balaban J connectivity index is 2.13. The largest absolute Gasteiger partial charge is 0.340 e. The molecule has 0 aliphatic carbocycles. The number of anilines is 2. The lowest BCUT2D eigenvalue weighted by molar-refractivity contribution is 0.0787. The predicted molar refractivity (Wildman–Crippen MR) is 83.5 cm³/mol. The first-order valence-corrected chi connectivity index (χ1v) is 7.32. The van der Waals surface area contributed by atoms with Crippen molar-refractivity contribution in [1.29, 1.82) is 0 Å². The summed E-state index contributed by atoms with van der Waals surface area (Å²) >= 11 is 0. The highest BCUT2D eigenvalue weighted by Crippen LogP contribution is 2.16. The molecule has 0 spiro atoms. The van der Waals surface area contributed by atoms with Gasteiger partial charge in [-0.2, -0.15) is 0 Å². The van der Waals surface area contributed by atoms with Gasteiger partial charge in [-0.25, -0.2) is 18.7 Å².